The van der Waals surface area contributed by atoms with Gasteiger partial charge in [-0.15, -0.1) is 0 Å². The Kier molecular flexibility index (Phi) is 5.96. The van der Waals surface area contributed by atoms with Crippen molar-refractivity contribution in [3.63, 3.8) is 0 Å². The maximum atomic E-state index is 12.2. The van der Waals surface area contributed by atoms with E-state index >= 15 is 0 Å². The lowest BCUT2D eigenvalue weighted by molar-refractivity contribution is -0.119. The molecular weight excluding hydrogens is 344 g/mol. The first-order valence-corrected chi connectivity index (χ1v) is 9.04. The number of hydrogen-bond donors (Lipinski definition) is 1. The lowest BCUT2D eigenvalue weighted by Gasteiger charge is -2.28. The molecule has 27 heavy (non-hydrogen) atoms. The van der Waals surface area contributed by atoms with Gasteiger partial charge >= 0.3 is 0 Å². The summed E-state index contributed by atoms with van der Waals surface area (Å²) in [6.07, 6.45) is 2.45. The standard InChI is InChI=1S/C21H24N2O4/c1-15-6-5-7-17(12-15)27-14-20(24)22-16-9-10-18(19(13-16)26-2)23-11-4-3-8-21(23)25/h5-7,9-10,12-13H,3-4,8,11,14H2,1-2H3,(H,22,24). The quantitative estimate of drug-likeness (QED) is 0.847. The molecule has 0 bridgehead atoms. The lowest BCUT2D eigenvalue weighted by Crippen LogP contribution is -2.35. The smallest absolute Gasteiger partial charge is 0.262 e. The minimum absolute atomic E-state index is 0.0852. The third-order valence-electron chi connectivity index (χ3n) is 4.44. The monoisotopic (exact) mass is 368 g/mol. The molecule has 3 rings (SSSR count). The fraction of sp³-hybridized carbons (Fsp3) is 0.333. The van der Waals surface area contributed by atoms with E-state index in [2.05, 4.69) is 5.32 Å². The van der Waals surface area contributed by atoms with Crippen LogP contribution in [0.5, 0.6) is 11.5 Å². The first kappa shape index (κ1) is 18.8. The van der Waals surface area contributed by atoms with E-state index in [1.165, 1.54) is 0 Å². The molecule has 1 fully saturated rings. The zero-order chi connectivity index (χ0) is 19.2. The Balaban J connectivity index is 1.64. The molecule has 0 aromatic heterocycles. The fourth-order valence-corrected chi connectivity index (χ4v) is 3.09. The van der Waals surface area contributed by atoms with Crippen LogP contribution in [0.1, 0.15) is 24.8 Å². The predicted octanol–water partition coefficient (Wildman–Crippen LogP) is 3.54. The maximum absolute atomic E-state index is 12.2. The maximum Gasteiger partial charge on any atom is 0.262 e. The molecule has 0 saturated carbocycles. The van der Waals surface area contributed by atoms with E-state index in [-0.39, 0.29) is 18.4 Å². The molecule has 1 aliphatic rings. The van der Waals surface area contributed by atoms with Crippen LogP contribution in [0, 0.1) is 6.92 Å². The Morgan fingerprint density at radius 1 is 1.19 bits per heavy atom. The van der Waals surface area contributed by atoms with Crippen molar-refractivity contribution in [3.05, 3.63) is 48.0 Å². The van der Waals surface area contributed by atoms with Gasteiger partial charge in [0.2, 0.25) is 5.91 Å². The molecule has 2 aromatic carbocycles. The second kappa shape index (κ2) is 8.58. The number of methoxy groups -OCH3 is 1. The number of carbonyl (C=O) groups is 2. The van der Waals surface area contributed by atoms with Crippen LogP contribution in [0.3, 0.4) is 0 Å². The Morgan fingerprint density at radius 2 is 2.04 bits per heavy atom. The number of hydrogen-bond acceptors (Lipinski definition) is 4. The number of benzene rings is 2. The van der Waals surface area contributed by atoms with Gasteiger partial charge in [0.25, 0.3) is 5.91 Å². The molecular formula is C21H24N2O4. The third kappa shape index (κ3) is 4.78. The summed E-state index contributed by atoms with van der Waals surface area (Å²) in [5.74, 6) is 1.05. The molecule has 0 atom stereocenters. The molecule has 6 nitrogen and oxygen atoms in total. The molecule has 0 unspecified atom stereocenters. The van der Waals surface area contributed by atoms with Gasteiger partial charge in [-0.3, -0.25) is 9.59 Å². The number of nitrogens with one attached hydrogen (secondary N) is 1. The SMILES string of the molecule is COc1cc(NC(=O)COc2cccc(C)c2)ccc1N1CCCCC1=O. The zero-order valence-electron chi connectivity index (χ0n) is 15.7. The van der Waals surface area contributed by atoms with Gasteiger partial charge in [0.15, 0.2) is 6.61 Å². The minimum Gasteiger partial charge on any atom is -0.494 e. The van der Waals surface area contributed by atoms with Gasteiger partial charge in [0.1, 0.15) is 11.5 Å². The van der Waals surface area contributed by atoms with Crippen LogP contribution in [0.15, 0.2) is 42.5 Å². The summed E-state index contributed by atoms with van der Waals surface area (Å²) >= 11 is 0. The van der Waals surface area contributed by atoms with Crippen molar-refractivity contribution in [3.8, 4) is 11.5 Å². The van der Waals surface area contributed by atoms with Crippen molar-refractivity contribution in [1.82, 2.24) is 0 Å². The number of carbonyl (C=O) groups excluding carboxylic acids is 2. The molecule has 0 radical (unpaired) electrons. The zero-order valence-corrected chi connectivity index (χ0v) is 15.7. The van der Waals surface area contributed by atoms with Crippen LogP contribution < -0.4 is 19.7 Å². The molecule has 0 spiro atoms. The molecule has 142 valence electrons. The first-order chi connectivity index (χ1) is 13.1. The number of rotatable bonds is 6. The van der Waals surface area contributed by atoms with Gasteiger partial charge in [0.05, 0.1) is 12.8 Å². The molecule has 2 aromatic rings. The van der Waals surface area contributed by atoms with Crippen LogP contribution >= 0.6 is 0 Å². The third-order valence-corrected chi connectivity index (χ3v) is 4.44. The lowest BCUT2D eigenvalue weighted by atomic mass is 10.1. The summed E-state index contributed by atoms with van der Waals surface area (Å²) in [5, 5.41) is 2.80. The van der Waals surface area contributed by atoms with Crippen molar-refractivity contribution < 1.29 is 19.1 Å². The van der Waals surface area contributed by atoms with E-state index in [1.807, 2.05) is 31.2 Å². The average Bonchev–Trinajstić information content (AvgIpc) is 2.67. The van der Waals surface area contributed by atoms with Gasteiger partial charge < -0.3 is 19.7 Å². The highest BCUT2D eigenvalue weighted by Crippen LogP contribution is 2.33. The highest BCUT2D eigenvalue weighted by Gasteiger charge is 2.22. The van der Waals surface area contributed by atoms with E-state index in [1.54, 1.807) is 30.2 Å². The summed E-state index contributed by atoms with van der Waals surface area (Å²) in [5.41, 5.74) is 2.40. The van der Waals surface area contributed by atoms with Gasteiger partial charge in [0, 0.05) is 24.7 Å². The van der Waals surface area contributed by atoms with Crippen LogP contribution in [0.2, 0.25) is 0 Å². The molecule has 1 N–H and O–H groups in total. The number of ether oxygens (including phenoxy) is 2. The molecule has 0 aliphatic carbocycles. The highest BCUT2D eigenvalue weighted by atomic mass is 16.5. The average molecular weight is 368 g/mol. The van der Waals surface area contributed by atoms with Gasteiger partial charge in [-0.25, -0.2) is 0 Å². The molecule has 2 amide bonds. The fourth-order valence-electron chi connectivity index (χ4n) is 3.09. The second-order valence-electron chi connectivity index (χ2n) is 6.54. The topological polar surface area (TPSA) is 67.9 Å². The predicted molar refractivity (Wildman–Crippen MR) is 105 cm³/mol. The van der Waals surface area contributed by atoms with E-state index in [9.17, 15) is 9.59 Å². The van der Waals surface area contributed by atoms with Crippen LogP contribution in [0.25, 0.3) is 0 Å². The Bertz CT molecular complexity index is 835. The van der Waals surface area contributed by atoms with Gasteiger partial charge in [-0.2, -0.15) is 0 Å². The van der Waals surface area contributed by atoms with Crippen molar-refractivity contribution in [1.29, 1.82) is 0 Å². The summed E-state index contributed by atoms with van der Waals surface area (Å²) in [6.45, 7) is 2.57. The van der Waals surface area contributed by atoms with Gasteiger partial charge in [-0.1, -0.05) is 12.1 Å². The Morgan fingerprint density at radius 3 is 2.78 bits per heavy atom. The van der Waals surface area contributed by atoms with Crippen molar-refractivity contribution in [2.24, 2.45) is 0 Å². The summed E-state index contributed by atoms with van der Waals surface area (Å²) in [6, 6.07) is 12.8. The number of aryl methyl sites for hydroxylation is 1. The van der Waals surface area contributed by atoms with E-state index in [0.717, 1.165) is 24.1 Å². The molecule has 1 aliphatic heterocycles. The highest BCUT2D eigenvalue weighted by molar-refractivity contribution is 5.97. The number of anilines is 2. The van der Waals surface area contributed by atoms with Crippen LogP contribution in [-0.2, 0) is 9.59 Å². The summed E-state index contributed by atoms with van der Waals surface area (Å²) in [4.78, 5) is 26.1. The normalized spacial score (nSPS) is 14.0. The molecule has 1 heterocycles. The minimum atomic E-state index is -0.264. The number of amides is 2. The second-order valence-corrected chi connectivity index (χ2v) is 6.54. The Labute approximate surface area is 159 Å². The van der Waals surface area contributed by atoms with E-state index in [4.69, 9.17) is 9.47 Å². The molecule has 1 saturated heterocycles. The van der Waals surface area contributed by atoms with Crippen LogP contribution in [-0.4, -0.2) is 32.1 Å². The number of nitrogens with zero attached hydrogens (tertiary/aromatic N) is 1. The molecule has 6 heteroatoms. The van der Waals surface area contributed by atoms with Gasteiger partial charge in [-0.05, 0) is 49.6 Å². The summed E-state index contributed by atoms with van der Waals surface area (Å²) in [7, 11) is 1.56. The van der Waals surface area contributed by atoms with E-state index < -0.39 is 0 Å². The van der Waals surface area contributed by atoms with E-state index in [0.29, 0.717) is 30.2 Å². The first-order valence-electron chi connectivity index (χ1n) is 9.04. The number of piperidine rings is 1. The van der Waals surface area contributed by atoms with Crippen molar-refractivity contribution in [2.45, 2.75) is 26.2 Å². The largest absolute Gasteiger partial charge is 0.494 e. The Hall–Kier alpha value is -3.02. The van der Waals surface area contributed by atoms with Crippen molar-refractivity contribution in [2.75, 3.05) is 30.5 Å². The summed E-state index contributed by atoms with van der Waals surface area (Å²) < 4.78 is 10.9. The van der Waals surface area contributed by atoms with Crippen LogP contribution in [0.4, 0.5) is 11.4 Å². The van der Waals surface area contributed by atoms with Crippen molar-refractivity contribution >= 4 is 23.2 Å².